The van der Waals surface area contributed by atoms with Gasteiger partial charge in [0, 0.05) is 30.7 Å². The number of carboxylic acid groups (broad SMARTS) is 2. The lowest BCUT2D eigenvalue weighted by Gasteiger charge is -2.37. The van der Waals surface area contributed by atoms with Gasteiger partial charge in [-0.25, -0.2) is 9.59 Å². The molecule has 0 aromatic heterocycles. The van der Waals surface area contributed by atoms with E-state index in [-0.39, 0.29) is 0 Å². The third kappa shape index (κ3) is 3.05. The van der Waals surface area contributed by atoms with Crippen LogP contribution in [0.3, 0.4) is 0 Å². The van der Waals surface area contributed by atoms with Crippen LogP contribution in [0, 0.1) is 17.8 Å². The van der Waals surface area contributed by atoms with Crippen LogP contribution < -0.4 is 9.47 Å². The molecule has 1 saturated heterocycles. The number of hydrogen-bond acceptors (Lipinski definition) is 5. The number of carbonyl (C=O) groups is 2. The van der Waals surface area contributed by atoms with Gasteiger partial charge in [-0.15, -0.1) is 0 Å². The van der Waals surface area contributed by atoms with Crippen molar-refractivity contribution in [3.05, 3.63) is 48.1 Å². The largest absolute Gasteiger partial charge is 0.478 e. The van der Waals surface area contributed by atoms with Crippen LogP contribution in [0.5, 0.6) is 11.5 Å². The fourth-order valence-electron chi connectivity index (χ4n) is 5.29. The van der Waals surface area contributed by atoms with Crippen molar-refractivity contribution in [3.63, 3.8) is 0 Å². The first-order valence-electron chi connectivity index (χ1n) is 9.31. The molecule has 28 heavy (non-hydrogen) atoms. The smallest absolute Gasteiger partial charge is 0.328 e. The fourth-order valence-corrected chi connectivity index (χ4v) is 5.29. The van der Waals surface area contributed by atoms with Gasteiger partial charge < -0.3 is 24.6 Å². The quantitative estimate of drug-likeness (QED) is 0.608. The van der Waals surface area contributed by atoms with E-state index in [0.29, 0.717) is 30.3 Å². The second-order valence-electron chi connectivity index (χ2n) is 7.81. The van der Waals surface area contributed by atoms with Gasteiger partial charge in [-0.3, -0.25) is 0 Å². The highest BCUT2D eigenvalue weighted by Crippen LogP contribution is 2.60. The predicted octanol–water partition coefficient (Wildman–Crippen LogP) is 2.13. The third-order valence-electron chi connectivity index (χ3n) is 6.28. The van der Waals surface area contributed by atoms with Gasteiger partial charge in [0.05, 0.1) is 0 Å². The van der Waals surface area contributed by atoms with Crippen LogP contribution in [0.2, 0.25) is 0 Å². The molecule has 2 N–H and O–H groups in total. The molecule has 7 heteroatoms. The Hall–Kier alpha value is -2.80. The summed E-state index contributed by atoms with van der Waals surface area (Å²) in [6.45, 7) is 2.75. The predicted molar refractivity (Wildman–Crippen MR) is 100 cm³/mol. The molecule has 2 fully saturated rings. The highest BCUT2D eigenvalue weighted by Gasteiger charge is 2.60. The lowest BCUT2D eigenvalue weighted by atomic mass is 9.66. The average Bonchev–Trinajstić information content (AvgIpc) is 3.40. The van der Waals surface area contributed by atoms with Gasteiger partial charge in [0.15, 0.2) is 11.5 Å². The first-order chi connectivity index (χ1) is 13.4. The van der Waals surface area contributed by atoms with Crippen LogP contribution in [0.4, 0.5) is 0 Å². The minimum atomic E-state index is -1.26. The van der Waals surface area contributed by atoms with E-state index >= 15 is 0 Å². The Morgan fingerprint density at radius 2 is 1.86 bits per heavy atom. The summed E-state index contributed by atoms with van der Waals surface area (Å²) >= 11 is 0. The Morgan fingerprint density at radius 1 is 1.14 bits per heavy atom. The summed E-state index contributed by atoms with van der Waals surface area (Å²) < 4.78 is 11.1. The van der Waals surface area contributed by atoms with Crippen molar-refractivity contribution in [1.29, 1.82) is 0 Å². The number of aliphatic carboxylic acids is 2. The Morgan fingerprint density at radius 3 is 2.57 bits per heavy atom. The normalized spacial score (nSPS) is 31.7. The van der Waals surface area contributed by atoms with Crippen molar-refractivity contribution in [2.45, 2.75) is 11.8 Å². The Kier molecular flexibility index (Phi) is 4.63. The Bertz CT molecular complexity index is 846. The van der Waals surface area contributed by atoms with Gasteiger partial charge in [-0.05, 0) is 48.9 Å². The molecule has 2 bridgehead atoms. The Labute approximate surface area is 162 Å². The summed E-state index contributed by atoms with van der Waals surface area (Å²) in [4.78, 5) is 21.6. The van der Waals surface area contributed by atoms with Gasteiger partial charge in [0.25, 0.3) is 0 Å². The first kappa shape index (κ1) is 18.6. The molecule has 2 heterocycles. The summed E-state index contributed by atoms with van der Waals surface area (Å²) in [5.74, 6) is 1.55. The molecule has 1 aromatic rings. The van der Waals surface area contributed by atoms with Crippen LogP contribution >= 0.6 is 0 Å². The van der Waals surface area contributed by atoms with E-state index in [1.54, 1.807) is 0 Å². The number of ether oxygens (including phenoxy) is 2. The van der Waals surface area contributed by atoms with E-state index in [1.165, 1.54) is 25.1 Å². The van der Waals surface area contributed by atoms with Crippen molar-refractivity contribution in [1.82, 2.24) is 4.90 Å². The minimum Gasteiger partial charge on any atom is -0.478 e. The van der Waals surface area contributed by atoms with E-state index in [2.05, 4.69) is 42.3 Å². The van der Waals surface area contributed by atoms with Gasteiger partial charge in [0.1, 0.15) is 0 Å². The number of carboxylic acids is 2. The molecule has 0 radical (unpaired) electrons. The lowest BCUT2D eigenvalue weighted by molar-refractivity contribution is -0.134. The molecule has 7 nitrogen and oxygen atoms in total. The number of likely N-dealkylation sites (tertiary alicyclic amines) is 1. The second-order valence-corrected chi connectivity index (χ2v) is 7.81. The van der Waals surface area contributed by atoms with Gasteiger partial charge in [-0.2, -0.15) is 0 Å². The maximum atomic E-state index is 9.55. The molecule has 4 unspecified atom stereocenters. The topological polar surface area (TPSA) is 96.3 Å². The molecular weight excluding hydrogens is 362 g/mol. The van der Waals surface area contributed by atoms with Crippen molar-refractivity contribution in [2.24, 2.45) is 17.8 Å². The van der Waals surface area contributed by atoms with Gasteiger partial charge in [-0.1, -0.05) is 18.2 Å². The zero-order chi connectivity index (χ0) is 19.9. The minimum absolute atomic E-state index is 0.301. The first-order valence-corrected chi connectivity index (χ1v) is 9.31. The molecule has 2 aliphatic heterocycles. The van der Waals surface area contributed by atoms with Crippen LogP contribution in [0.1, 0.15) is 12.0 Å². The van der Waals surface area contributed by atoms with Crippen LogP contribution in [0.15, 0.2) is 42.5 Å². The molecule has 1 aromatic carbocycles. The molecule has 2 aliphatic carbocycles. The number of benzene rings is 1. The fraction of sp³-hybridized carbons (Fsp3) is 0.429. The Balaban J connectivity index is 0.000000208. The number of nitrogens with zero attached hydrogens (tertiary/aromatic N) is 1. The van der Waals surface area contributed by atoms with Crippen molar-refractivity contribution >= 4 is 11.9 Å². The molecule has 148 valence electrons. The molecule has 4 aliphatic rings. The zero-order valence-corrected chi connectivity index (χ0v) is 15.6. The summed E-state index contributed by atoms with van der Waals surface area (Å²) in [7, 11) is 2.26. The van der Waals surface area contributed by atoms with Crippen LogP contribution in [0.25, 0.3) is 0 Å². The molecule has 0 spiro atoms. The maximum absolute atomic E-state index is 9.55. The molecule has 0 amide bonds. The number of hydrogen-bond donors (Lipinski definition) is 2. The average molecular weight is 385 g/mol. The third-order valence-corrected chi connectivity index (χ3v) is 6.28. The summed E-state index contributed by atoms with van der Waals surface area (Å²) in [6, 6.07) is 6.61. The molecule has 5 rings (SSSR count). The van der Waals surface area contributed by atoms with Crippen molar-refractivity contribution in [3.8, 4) is 11.5 Å². The molecule has 4 atom stereocenters. The molecule has 1 saturated carbocycles. The summed E-state index contributed by atoms with van der Waals surface area (Å²) in [5.41, 5.74) is 1.75. The van der Waals surface area contributed by atoms with E-state index < -0.39 is 11.9 Å². The summed E-state index contributed by atoms with van der Waals surface area (Å²) in [6.07, 6.45) is 7.38. The van der Waals surface area contributed by atoms with E-state index in [4.69, 9.17) is 19.7 Å². The number of rotatable bonds is 3. The number of allylic oxidation sites excluding steroid dienone is 2. The monoisotopic (exact) mass is 385 g/mol. The van der Waals surface area contributed by atoms with Crippen LogP contribution in [-0.2, 0) is 15.0 Å². The van der Waals surface area contributed by atoms with E-state index in [0.717, 1.165) is 23.3 Å². The SMILES string of the molecule is CN1CC2C3C=CC(C3)C2(c2ccc3c(c2)OCO3)C1.O=C(O)/C=C/C(=O)O. The van der Waals surface area contributed by atoms with E-state index in [9.17, 15) is 9.59 Å². The zero-order valence-electron chi connectivity index (χ0n) is 15.6. The summed E-state index contributed by atoms with van der Waals surface area (Å²) in [5, 5.41) is 15.6. The van der Waals surface area contributed by atoms with Crippen molar-refractivity contribution < 1.29 is 29.3 Å². The van der Waals surface area contributed by atoms with Gasteiger partial charge in [0.2, 0.25) is 6.79 Å². The highest BCUT2D eigenvalue weighted by molar-refractivity contribution is 5.89. The number of likely N-dealkylation sites (N-methyl/N-ethyl adjacent to an activating group) is 1. The maximum Gasteiger partial charge on any atom is 0.328 e. The standard InChI is InChI=1S/C17H19NO2.C4H4O4/c1-18-8-14-11-2-3-12(6-11)17(14,9-18)13-4-5-15-16(7-13)20-10-19-15;5-3(6)1-2-4(7)8/h2-5,7,11-12,14H,6,8-10H2,1H3;1-2H,(H,5,6)(H,7,8)/b;2-1+. The number of fused-ring (bicyclic) bond motifs is 6. The van der Waals surface area contributed by atoms with Crippen LogP contribution in [-0.4, -0.2) is 54.0 Å². The van der Waals surface area contributed by atoms with Crippen molar-refractivity contribution in [2.75, 3.05) is 26.9 Å². The lowest BCUT2D eigenvalue weighted by Crippen LogP contribution is -2.39. The molecular formula is C21H23NO6. The van der Waals surface area contributed by atoms with E-state index in [1.807, 2.05) is 0 Å². The second kappa shape index (κ2) is 6.98. The highest BCUT2D eigenvalue weighted by atomic mass is 16.7. The van der Waals surface area contributed by atoms with Gasteiger partial charge >= 0.3 is 11.9 Å².